The Morgan fingerprint density at radius 1 is 1.16 bits per heavy atom. The number of nitrogens with zero attached hydrogens (tertiary/aromatic N) is 5. The maximum Gasteiger partial charge on any atom is 0.267 e. The number of amides is 2. The zero-order chi connectivity index (χ0) is 30.1. The van der Waals surface area contributed by atoms with Crippen molar-refractivity contribution in [1.82, 2.24) is 19.9 Å². The van der Waals surface area contributed by atoms with E-state index in [-0.39, 0.29) is 16.8 Å². The second-order valence-corrected chi connectivity index (χ2v) is 10.8. The van der Waals surface area contributed by atoms with Gasteiger partial charge < -0.3 is 30.5 Å². The topological polar surface area (TPSA) is 125 Å². The van der Waals surface area contributed by atoms with Crippen LogP contribution in [-0.4, -0.2) is 71.0 Å². The van der Waals surface area contributed by atoms with Gasteiger partial charge in [-0.1, -0.05) is 24.0 Å². The van der Waals surface area contributed by atoms with E-state index in [1.165, 1.54) is 25.4 Å². The van der Waals surface area contributed by atoms with Crippen molar-refractivity contribution in [3.8, 4) is 17.0 Å². The third kappa shape index (κ3) is 5.56. The molecule has 0 bridgehead atoms. The molecule has 1 saturated heterocycles. The van der Waals surface area contributed by atoms with E-state index < -0.39 is 23.2 Å². The number of methoxy groups -OCH3 is 1. The number of carbonyl (C=O) groups excluding carboxylic acids is 2. The lowest BCUT2D eigenvalue weighted by molar-refractivity contribution is -0.126. The highest BCUT2D eigenvalue weighted by molar-refractivity contribution is 7.17. The molecule has 6 rings (SSSR count). The first-order valence-electron chi connectivity index (χ1n) is 13.3. The van der Waals surface area contributed by atoms with Gasteiger partial charge in [0.2, 0.25) is 5.91 Å². The molecule has 11 nitrogen and oxygen atoms in total. The van der Waals surface area contributed by atoms with Gasteiger partial charge in [0.05, 0.1) is 30.7 Å². The van der Waals surface area contributed by atoms with Crippen molar-refractivity contribution in [2.24, 2.45) is 0 Å². The van der Waals surface area contributed by atoms with Crippen LogP contribution in [0.15, 0.2) is 61.4 Å². The summed E-state index contributed by atoms with van der Waals surface area (Å²) in [6.45, 7) is 6.11. The lowest BCUT2D eigenvalue weighted by atomic mass is 10.1. The Labute approximate surface area is 249 Å². The Kier molecular flexibility index (Phi) is 7.59. The van der Waals surface area contributed by atoms with E-state index in [1.807, 2.05) is 12.1 Å². The van der Waals surface area contributed by atoms with Crippen LogP contribution in [0.4, 0.5) is 36.9 Å². The third-order valence-electron chi connectivity index (χ3n) is 7.17. The quantitative estimate of drug-likeness (QED) is 0.261. The molecule has 3 aromatic heterocycles. The second kappa shape index (κ2) is 11.6. The molecule has 1 aromatic carbocycles. The molecular formula is C29H26F2N8O3S. The van der Waals surface area contributed by atoms with Crippen LogP contribution in [0.3, 0.4) is 0 Å². The number of piperazine rings is 1. The molecule has 43 heavy (non-hydrogen) atoms. The van der Waals surface area contributed by atoms with E-state index in [1.54, 1.807) is 17.2 Å². The summed E-state index contributed by atoms with van der Waals surface area (Å²) in [5, 5.41) is 9.09. The third-order valence-corrected chi connectivity index (χ3v) is 8.08. The van der Waals surface area contributed by atoms with Gasteiger partial charge in [0.15, 0.2) is 22.5 Å². The summed E-state index contributed by atoms with van der Waals surface area (Å²) in [4.78, 5) is 42.5. The maximum atomic E-state index is 14.0. The highest BCUT2D eigenvalue weighted by atomic mass is 32.1. The van der Waals surface area contributed by atoms with Gasteiger partial charge in [0.1, 0.15) is 22.2 Å². The van der Waals surface area contributed by atoms with Crippen LogP contribution >= 0.6 is 11.3 Å². The molecule has 0 aliphatic carbocycles. The molecular weight excluding hydrogens is 578 g/mol. The van der Waals surface area contributed by atoms with Gasteiger partial charge in [-0.15, -0.1) is 0 Å². The van der Waals surface area contributed by atoms with Crippen molar-refractivity contribution in [3.63, 3.8) is 0 Å². The lowest BCUT2D eigenvalue weighted by Gasteiger charge is -2.45. The first kappa shape index (κ1) is 28.0. The van der Waals surface area contributed by atoms with Gasteiger partial charge in [-0.3, -0.25) is 9.59 Å². The number of ether oxygens (including phenoxy) is 1. The Hall–Kier alpha value is -5.11. The largest absolute Gasteiger partial charge is 0.493 e. The molecule has 1 unspecified atom stereocenters. The number of benzene rings is 1. The minimum atomic E-state index is -0.878. The van der Waals surface area contributed by atoms with Crippen LogP contribution in [0.2, 0.25) is 0 Å². The number of aromatic nitrogens is 3. The number of rotatable bonds is 7. The molecule has 0 radical (unpaired) electrons. The van der Waals surface area contributed by atoms with E-state index in [2.05, 4.69) is 32.4 Å². The molecule has 4 aromatic rings. The van der Waals surface area contributed by atoms with Crippen LogP contribution in [-0.2, 0) is 4.79 Å². The molecule has 2 aliphatic rings. The van der Waals surface area contributed by atoms with E-state index in [4.69, 9.17) is 14.7 Å². The van der Waals surface area contributed by atoms with Gasteiger partial charge in [-0.05, 0) is 36.4 Å². The van der Waals surface area contributed by atoms with Crippen LogP contribution in [0.1, 0.15) is 9.67 Å². The molecule has 220 valence electrons. The summed E-state index contributed by atoms with van der Waals surface area (Å²) < 4.78 is 33.4. The standard InChI is InChI=1S/C29H26F2N8O3S/c1-3-24(40)38-9-10-39-17(15-38)13-32-21-11-16(12-33-27(21)39)20-7-8-22(42-2)26(35-20)37-29-34-14-23(43-29)28(41)36-25-18(30)5-4-6-19(25)31/h3-8,11-12,14,17,32H,1,9-10,13,15H2,2H3,(H,36,41)(H,34,35,37). The van der Waals surface area contributed by atoms with Gasteiger partial charge in [0.25, 0.3) is 5.91 Å². The molecule has 14 heteroatoms. The monoisotopic (exact) mass is 604 g/mol. The second-order valence-electron chi connectivity index (χ2n) is 9.76. The SMILES string of the molecule is C=CC(=O)N1CCN2c3ncc(-c4ccc(OC)c(Nc5ncc(C(=O)Nc6c(F)cccc6F)s5)n4)cc3NCC2C1. The lowest BCUT2D eigenvalue weighted by Crippen LogP contribution is -2.58. The van der Waals surface area contributed by atoms with Crippen molar-refractivity contribution in [3.05, 3.63) is 78.0 Å². The summed E-state index contributed by atoms with van der Waals surface area (Å²) in [6.07, 6.45) is 4.39. The number of thiazole rings is 1. The Morgan fingerprint density at radius 3 is 2.74 bits per heavy atom. The highest BCUT2D eigenvalue weighted by Crippen LogP contribution is 2.36. The predicted molar refractivity (Wildman–Crippen MR) is 160 cm³/mol. The molecule has 0 saturated carbocycles. The smallest absolute Gasteiger partial charge is 0.267 e. The number of pyridine rings is 2. The average Bonchev–Trinajstić information content (AvgIpc) is 3.50. The number of halogens is 2. The van der Waals surface area contributed by atoms with E-state index in [9.17, 15) is 18.4 Å². The minimum absolute atomic E-state index is 0.0704. The van der Waals surface area contributed by atoms with E-state index in [0.29, 0.717) is 48.6 Å². The summed E-state index contributed by atoms with van der Waals surface area (Å²) in [7, 11) is 1.51. The number of hydrogen-bond donors (Lipinski definition) is 3. The molecule has 3 N–H and O–H groups in total. The Bertz CT molecular complexity index is 1710. The fourth-order valence-corrected chi connectivity index (χ4v) is 5.72. The summed E-state index contributed by atoms with van der Waals surface area (Å²) in [5.41, 5.74) is 1.72. The Balaban J connectivity index is 1.20. The Morgan fingerprint density at radius 2 is 1.98 bits per heavy atom. The summed E-state index contributed by atoms with van der Waals surface area (Å²) >= 11 is 0.987. The zero-order valence-corrected chi connectivity index (χ0v) is 23.8. The minimum Gasteiger partial charge on any atom is -0.493 e. The van der Waals surface area contributed by atoms with Gasteiger partial charge in [0, 0.05) is 37.9 Å². The average molecular weight is 605 g/mol. The van der Waals surface area contributed by atoms with Crippen LogP contribution in [0, 0.1) is 11.6 Å². The van der Waals surface area contributed by atoms with Crippen LogP contribution in [0.25, 0.3) is 11.3 Å². The number of para-hydroxylation sites is 1. The first-order chi connectivity index (χ1) is 20.8. The zero-order valence-electron chi connectivity index (χ0n) is 22.9. The highest BCUT2D eigenvalue weighted by Gasteiger charge is 2.34. The van der Waals surface area contributed by atoms with Gasteiger partial charge in [-0.25, -0.2) is 23.7 Å². The number of nitrogens with one attached hydrogen (secondary N) is 3. The normalized spacial score (nSPS) is 15.6. The fraction of sp³-hybridized carbons (Fsp3) is 0.207. The van der Waals surface area contributed by atoms with Crippen molar-refractivity contribution in [2.45, 2.75) is 6.04 Å². The number of anilines is 5. The number of carbonyl (C=O) groups is 2. The molecule has 5 heterocycles. The van der Waals surface area contributed by atoms with E-state index in [0.717, 1.165) is 40.5 Å². The predicted octanol–water partition coefficient (Wildman–Crippen LogP) is 4.51. The summed E-state index contributed by atoms with van der Waals surface area (Å²) in [5.74, 6) is -0.910. The number of hydrogen-bond acceptors (Lipinski definition) is 10. The molecule has 2 aliphatic heterocycles. The van der Waals surface area contributed by atoms with Crippen LogP contribution in [0.5, 0.6) is 5.75 Å². The van der Waals surface area contributed by atoms with Crippen molar-refractivity contribution >= 4 is 51.3 Å². The van der Waals surface area contributed by atoms with E-state index >= 15 is 0 Å². The van der Waals surface area contributed by atoms with Gasteiger partial charge in [-0.2, -0.15) is 0 Å². The number of fused-ring (bicyclic) bond motifs is 3. The first-order valence-corrected chi connectivity index (χ1v) is 14.1. The molecule has 1 fully saturated rings. The molecule has 2 amide bonds. The summed E-state index contributed by atoms with van der Waals surface area (Å²) in [6, 6.07) is 8.98. The van der Waals surface area contributed by atoms with Gasteiger partial charge >= 0.3 is 0 Å². The molecule has 1 atom stereocenters. The maximum absolute atomic E-state index is 14.0. The molecule has 0 spiro atoms. The van der Waals surface area contributed by atoms with Crippen molar-refractivity contribution in [1.29, 1.82) is 0 Å². The van der Waals surface area contributed by atoms with Crippen LogP contribution < -0.4 is 25.6 Å². The van der Waals surface area contributed by atoms with Crippen molar-refractivity contribution in [2.75, 3.05) is 54.1 Å². The fourth-order valence-electron chi connectivity index (χ4n) is 5.01. The van der Waals surface area contributed by atoms with Crippen molar-refractivity contribution < 1.29 is 23.1 Å².